The summed E-state index contributed by atoms with van der Waals surface area (Å²) in [7, 11) is 0. The molecule has 9 heteroatoms. The Kier molecular flexibility index (Phi) is 7.25. The van der Waals surface area contributed by atoms with Crippen molar-refractivity contribution in [2.75, 3.05) is 36.1 Å². The monoisotopic (exact) mass is 577 g/mol. The van der Waals surface area contributed by atoms with E-state index in [1.165, 1.54) is 5.69 Å². The molecule has 0 saturated carbocycles. The predicted octanol–water partition coefficient (Wildman–Crippen LogP) is 6.81. The number of thiocarbonyl (C=S) groups is 1. The van der Waals surface area contributed by atoms with Gasteiger partial charge in [-0.1, -0.05) is 29.3 Å². The van der Waals surface area contributed by atoms with Gasteiger partial charge in [-0.05, 0) is 92.3 Å². The van der Waals surface area contributed by atoms with Gasteiger partial charge in [0, 0.05) is 47.1 Å². The fourth-order valence-corrected chi connectivity index (χ4v) is 6.55. The predicted molar refractivity (Wildman–Crippen MR) is 163 cm³/mol. The summed E-state index contributed by atoms with van der Waals surface area (Å²) in [6.07, 6.45) is 1.83. The molecule has 0 bridgehead atoms. The lowest BCUT2D eigenvalue weighted by Gasteiger charge is -2.31. The molecule has 2 saturated heterocycles. The van der Waals surface area contributed by atoms with Gasteiger partial charge in [0.05, 0.1) is 41.7 Å². The smallest absolute Gasteiger partial charge is 0.174 e. The van der Waals surface area contributed by atoms with Crippen molar-refractivity contribution in [3.8, 4) is 5.69 Å². The van der Waals surface area contributed by atoms with Crippen molar-refractivity contribution < 1.29 is 4.74 Å². The van der Waals surface area contributed by atoms with Crippen molar-refractivity contribution in [1.29, 1.82) is 0 Å². The second kappa shape index (κ2) is 10.8. The summed E-state index contributed by atoms with van der Waals surface area (Å²) >= 11 is 18.8. The molecule has 2 aliphatic rings. The van der Waals surface area contributed by atoms with Gasteiger partial charge in [-0.2, -0.15) is 0 Å². The van der Waals surface area contributed by atoms with E-state index in [1.807, 2.05) is 36.5 Å². The van der Waals surface area contributed by atoms with E-state index in [1.54, 1.807) is 6.07 Å². The fraction of sp³-hybridized carbons (Fsp3) is 0.267. The summed E-state index contributed by atoms with van der Waals surface area (Å²) in [5.41, 5.74) is 7.36. The van der Waals surface area contributed by atoms with Crippen LogP contribution in [0.4, 0.5) is 11.4 Å². The number of rotatable bonds is 5. The number of ether oxygens (including phenoxy) is 1. The molecule has 0 radical (unpaired) electrons. The molecule has 2 aliphatic heterocycles. The van der Waals surface area contributed by atoms with E-state index in [9.17, 15) is 0 Å². The van der Waals surface area contributed by atoms with Crippen molar-refractivity contribution in [2.24, 2.45) is 0 Å². The lowest BCUT2D eigenvalue weighted by Crippen LogP contribution is -2.36. The zero-order valence-electron chi connectivity index (χ0n) is 21.8. The first-order chi connectivity index (χ1) is 18.9. The number of pyridine rings is 1. The van der Waals surface area contributed by atoms with Gasteiger partial charge in [-0.3, -0.25) is 4.98 Å². The van der Waals surface area contributed by atoms with Gasteiger partial charge in [0.2, 0.25) is 0 Å². The number of nitrogens with zero attached hydrogens (tertiary/aromatic N) is 4. The molecular formula is C30H29Cl2N5OS. The van der Waals surface area contributed by atoms with Crippen molar-refractivity contribution in [2.45, 2.75) is 25.9 Å². The lowest BCUT2D eigenvalue weighted by atomic mass is 9.96. The molecule has 200 valence electrons. The Morgan fingerprint density at radius 1 is 0.949 bits per heavy atom. The molecule has 2 aromatic heterocycles. The standard InChI is InChI=1S/C30H29Cl2N5OS/c1-19-17-24(20(2)36(19)27-11-6-21(31)18-25(27)32)29-28(26-5-3-4-12-33-26)34-30(39)37(29)23-9-7-22(8-10-23)35-13-15-38-16-14-35/h3-12,17-18,28-29H,13-16H2,1-2H3,(H,34,39)/t28-,29-/m1/s1. The van der Waals surface area contributed by atoms with Crippen LogP contribution in [0.1, 0.15) is 34.7 Å². The van der Waals surface area contributed by atoms with Gasteiger partial charge < -0.3 is 24.4 Å². The highest BCUT2D eigenvalue weighted by Crippen LogP contribution is 2.44. The number of aryl methyl sites for hydroxylation is 1. The van der Waals surface area contributed by atoms with Crippen LogP contribution in [0.5, 0.6) is 0 Å². The summed E-state index contributed by atoms with van der Waals surface area (Å²) in [6, 6.07) is 22.2. The maximum Gasteiger partial charge on any atom is 0.174 e. The molecule has 4 aromatic rings. The van der Waals surface area contributed by atoms with Crippen LogP contribution in [0.3, 0.4) is 0 Å². The first kappa shape index (κ1) is 26.1. The van der Waals surface area contributed by atoms with Crippen LogP contribution in [0, 0.1) is 13.8 Å². The molecule has 0 unspecified atom stereocenters. The highest BCUT2D eigenvalue weighted by Gasteiger charge is 2.42. The number of anilines is 2. The molecule has 0 amide bonds. The molecule has 6 nitrogen and oxygen atoms in total. The SMILES string of the molecule is Cc1cc([C@@H]2[C@@H](c3ccccn3)NC(=S)N2c2ccc(N3CCOCC3)cc2)c(C)n1-c1ccc(Cl)cc1Cl. The van der Waals surface area contributed by atoms with Crippen LogP contribution in [0.2, 0.25) is 10.0 Å². The number of halogens is 2. The van der Waals surface area contributed by atoms with E-state index in [2.05, 4.69) is 63.9 Å². The Morgan fingerprint density at radius 3 is 2.38 bits per heavy atom. The van der Waals surface area contributed by atoms with Gasteiger partial charge >= 0.3 is 0 Å². The van der Waals surface area contributed by atoms with Crippen LogP contribution < -0.4 is 15.1 Å². The molecule has 0 spiro atoms. The number of benzene rings is 2. The molecule has 6 rings (SSSR count). The third-order valence-corrected chi connectivity index (χ3v) is 8.39. The second-order valence-electron chi connectivity index (χ2n) is 9.87. The highest BCUT2D eigenvalue weighted by atomic mass is 35.5. The van der Waals surface area contributed by atoms with Crippen molar-refractivity contribution in [1.82, 2.24) is 14.9 Å². The van der Waals surface area contributed by atoms with E-state index in [-0.39, 0.29) is 12.1 Å². The van der Waals surface area contributed by atoms with Crippen molar-refractivity contribution in [3.63, 3.8) is 0 Å². The number of nitrogens with one attached hydrogen (secondary N) is 1. The van der Waals surface area contributed by atoms with Crippen LogP contribution in [0.15, 0.2) is 72.9 Å². The summed E-state index contributed by atoms with van der Waals surface area (Å²) in [4.78, 5) is 9.27. The average molecular weight is 579 g/mol. The summed E-state index contributed by atoms with van der Waals surface area (Å²) in [6.45, 7) is 7.52. The second-order valence-corrected chi connectivity index (χ2v) is 11.1. The third kappa shape index (κ3) is 4.89. The summed E-state index contributed by atoms with van der Waals surface area (Å²) < 4.78 is 7.71. The Labute approximate surface area is 244 Å². The minimum absolute atomic E-state index is 0.118. The maximum absolute atomic E-state index is 6.66. The first-order valence-corrected chi connectivity index (χ1v) is 14.2. The van der Waals surface area contributed by atoms with Crippen LogP contribution in [-0.4, -0.2) is 41.0 Å². The molecule has 2 atom stereocenters. The number of hydrogen-bond donors (Lipinski definition) is 1. The van der Waals surface area contributed by atoms with E-state index in [0.717, 1.165) is 60.3 Å². The average Bonchev–Trinajstić information content (AvgIpc) is 3.45. The maximum atomic E-state index is 6.66. The Balaban J connectivity index is 1.44. The lowest BCUT2D eigenvalue weighted by molar-refractivity contribution is 0.122. The number of morpholine rings is 1. The number of hydrogen-bond acceptors (Lipinski definition) is 4. The Hall–Kier alpha value is -3.10. The topological polar surface area (TPSA) is 45.6 Å². The highest BCUT2D eigenvalue weighted by molar-refractivity contribution is 7.80. The first-order valence-electron chi connectivity index (χ1n) is 13.0. The molecule has 2 fully saturated rings. The van der Waals surface area contributed by atoms with Crippen LogP contribution >= 0.6 is 35.4 Å². The minimum Gasteiger partial charge on any atom is -0.378 e. The molecule has 1 N–H and O–H groups in total. The quantitative estimate of drug-likeness (QED) is 0.263. The molecular weight excluding hydrogens is 549 g/mol. The van der Waals surface area contributed by atoms with Gasteiger partial charge in [0.25, 0.3) is 0 Å². The molecule has 39 heavy (non-hydrogen) atoms. The fourth-order valence-electron chi connectivity index (χ4n) is 5.71. The normalized spacial score (nSPS) is 19.4. The van der Waals surface area contributed by atoms with E-state index >= 15 is 0 Å². The molecule has 0 aliphatic carbocycles. The summed E-state index contributed by atoms with van der Waals surface area (Å²) in [5.74, 6) is 0. The number of aromatic nitrogens is 2. The van der Waals surface area contributed by atoms with Crippen LogP contribution in [-0.2, 0) is 4.74 Å². The Bertz CT molecular complexity index is 1500. The van der Waals surface area contributed by atoms with Crippen molar-refractivity contribution in [3.05, 3.63) is 106 Å². The zero-order valence-corrected chi connectivity index (χ0v) is 24.1. The molecule has 2 aromatic carbocycles. The van der Waals surface area contributed by atoms with E-state index in [4.69, 9.17) is 45.1 Å². The zero-order chi connectivity index (χ0) is 27.1. The van der Waals surface area contributed by atoms with Gasteiger partial charge in [0.1, 0.15) is 0 Å². The van der Waals surface area contributed by atoms with E-state index < -0.39 is 0 Å². The van der Waals surface area contributed by atoms with Gasteiger partial charge in [-0.25, -0.2) is 0 Å². The largest absolute Gasteiger partial charge is 0.378 e. The molecule has 4 heterocycles. The summed E-state index contributed by atoms with van der Waals surface area (Å²) in [5, 5.41) is 5.46. The van der Waals surface area contributed by atoms with E-state index in [0.29, 0.717) is 15.2 Å². The van der Waals surface area contributed by atoms with Gasteiger partial charge in [-0.15, -0.1) is 0 Å². The minimum atomic E-state index is -0.132. The van der Waals surface area contributed by atoms with Crippen molar-refractivity contribution >= 4 is 51.9 Å². The third-order valence-electron chi connectivity index (χ3n) is 7.54. The van der Waals surface area contributed by atoms with Gasteiger partial charge in [0.15, 0.2) is 5.11 Å². The van der Waals surface area contributed by atoms with Crippen LogP contribution in [0.25, 0.3) is 5.69 Å². The Morgan fingerprint density at radius 2 is 1.69 bits per heavy atom.